The van der Waals surface area contributed by atoms with Gasteiger partial charge in [0.25, 0.3) is 0 Å². The van der Waals surface area contributed by atoms with Crippen LogP contribution >= 0.6 is 0 Å². The fourth-order valence-corrected chi connectivity index (χ4v) is 2.09. The fraction of sp³-hybridized carbons (Fsp3) is 0.294. The van der Waals surface area contributed by atoms with Gasteiger partial charge in [-0.3, -0.25) is 4.98 Å². The van der Waals surface area contributed by atoms with Gasteiger partial charge in [-0.1, -0.05) is 18.2 Å². The zero-order chi connectivity index (χ0) is 15.8. The smallest absolute Gasteiger partial charge is 0.317 e. The van der Waals surface area contributed by atoms with Gasteiger partial charge in [0.2, 0.25) is 0 Å². The number of hydrogen-bond donors (Lipinski definition) is 1. The molecule has 0 saturated heterocycles. The molecule has 22 heavy (non-hydrogen) atoms. The number of benzene rings is 1. The van der Waals surface area contributed by atoms with E-state index in [9.17, 15) is 9.18 Å². The summed E-state index contributed by atoms with van der Waals surface area (Å²) in [4.78, 5) is 17.5. The maximum absolute atomic E-state index is 13.5. The molecule has 0 saturated carbocycles. The normalized spacial score (nSPS) is 10.3. The molecule has 0 bridgehead atoms. The predicted octanol–water partition coefficient (Wildman–Crippen LogP) is 2.65. The van der Waals surface area contributed by atoms with Crippen molar-refractivity contribution in [2.75, 3.05) is 20.1 Å². The Labute approximate surface area is 130 Å². The second-order valence-corrected chi connectivity index (χ2v) is 5.10. The second-order valence-electron chi connectivity index (χ2n) is 5.10. The molecule has 116 valence electrons. The quantitative estimate of drug-likeness (QED) is 0.891. The summed E-state index contributed by atoms with van der Waals surface area (Å²) in [6.07, 6.45) is 4.74. The van der Waals surface area contributed by atoms with Crippen molar-refractivity contribution >= 4 is 6.03 Å². The van der Waals surface area contributed by atoms with Crippen molar-refractivity contribution < 1.29 is 9.18 Å². The molecule has 4 nitrogen and oxygen atoms in total. The maximum Gasteiger partial charge on any atom is 0.317 e. The van der Waals surface area contributed by atoms with Crippen molar-refractivity contribution in [1.29, 1.82) is 0 Å². The van der Waals surface area contributed by atoms with Crippen molar-refractivity contribution in [3.05, 3.63) is 65.7 Å². The lowest BCUT2D eigenvalue weighted by atomic mass is 10.1. The third kappa shape index (κ3) is 4.84. The standard InChI is InChI=1S/C17H20FN3O/c1-21(13-9-14-6-10-19-11-7-14)17(22)20-12-8-15-4-2-3-5-16(15)18/h2-7,10-11H,8-9,12-13H2,1H3,(H,20,22). The SMILES string of the molecule is CN(CCc1ccncc1)C(=O)NCCc1ccccc1F. The highest BCUT2D eigenvalue weighted by molar-refractivity contribution is 5.73. The number of aromatic nitrogens is 1. The Morgan fingerprint density at radius 2 is 1.91 bits per heavy atom. The average Bonchev–Trinajstić information content (AvgIpc) is 2.55. The number of halogens is 1. The Balaban J connectivity index is 1.71. The molecule has 2 aromatic rings. The van der Waals surface area contributed by atoms with Crippen molar-refractivity contribution in [3.63, 3.8) is 0 Å². The summed E-state index contributed by atoms with van der Waals surface area (Å²) in [5.74, 6) is -0.234. The van der Waals surface area contributed by atoms with Gasteiger partial charge in [-0.05, 0) is 42.2 Å². The van der Waals surface area contributed by atoms with Crippen LogP contribution in [0.15, 0.2) is 48.8 Å². The lowest BCUT2D eigenvalue weighted by Gasteiger charge is -2.18. The lowest BCUT2D eigenvalue weighted by molar-refractivity contribution is 0.209. The average molecular weight is 301 g/mol. The van der Waals surface area contributed by atoms with E-state index in [1.807, 2.05) is 12.1 Å². The minimum atomic E-state index is -0.234. The van der Waals surface area contributed by atoms with E-state index in [2.05, 4.69) is 10.3 Å². The van der Waals surface area contributed by atoms with Gasteiger partial charge in [-0.2, -0.15) is 0 Å². The van der Waals surface area contributed by atoms with Crippen LogP contribution in [0.5, 0.6) is 0 Å². The highest BCUT2D eigenvalue weighted by Crippen LogP contribution is 2.06. The third-order valence-corrected chi connectivity index (χ3v) is 3.46. The van der Waals surface area contributed by atoms with E-state index in [1.54, 1.807) is 42.5 Å². The van der Waals surface area contributed by atoms with Crippen LogP contribution in [0, 0.1) is 5.82 Å². The van der Waals surface area contributed by atoms with Crippen LogP contribution in [0.4, 0.5) is 9.18 Å². The molecular weight excluding hydrogens is 281 g/mol. The Kier molecular flexibility index (Phi) is 5.89. The van der Waals surface area contributed by atoms with Gasteiger partial charge >= 0.3 is 6.03 Å². The number of carbonyl (C=O) groups is 1. The van der Waals surface area contributed by atoms with Crippen LogP contribution in [-0.2, 0) is 12.8 Å². The Hall–Kier alpha value is -2.43. The highest BCUT2D eigenvalue weighted by atomic mass is 19.1. The van der Waals surface area contributed by atoms with Crippen LogP contribution in [0.1, 0.15) is 11.1 Å². The number of likely N-dealkylation sites (N-methyl/N-ethyl adjacent to an activating group) is 1. The van der Waals surface area contributed by atoms with Crippen LogP contribution in [0.2, 0.25) is 0 Å². The van der Waals surface area contributed by atoms with Crippen LogP contribution in [0.25, 0.3) is 0 Å². The summed E-state index contributed by atoms with van der Waals surface area (Å²) < 4.78 is 13.5. The largest absolute Gasteiger partial charge is 0.338 e. The molecule has 0 unspecified atom stereocenters. The van der Waals surface area contributed by atoms with E-state index in [0.29, 0.717) is 25.1 Å². The van der Waals surface area contributed by atoms with E-state index >= 15 is 0 Å². The molecule has 1 aromatic heterocycles. The van der Waals surface area contributed by atoms with Gasteiger partial charge in [-0.15, -0.1) is 0 Å². The maximum atomic E-state index is 13.5. The van der Waals surface area contributed by atoms with E-state index in [1.165, 1.54) is 6.07 Å². The first-order valence-electron chi connectivity index (χ1n) is 7.28. The number of hydrogen-bond acceptors (Lipinski definition) is 2. The molecule has 1 aromatic carbocycles. The Bertz CT molecular complexity index is 604. The topological polar surface area (TPSA) is 45.2 Å². The number of carbonyl (C=O) groups excluding carboxylic acids is 1. The van der Waals surface area contributed by atoms with Gasteiger partial charge in [-0.25, -0.2) is 9.18 Å². The first-order valence-corrected chi connectivity index (χ1v) is 7.28. The molecule has 1 heterocycles. The molecule has 0 aliphatic rings. The first kappa shape index (κ1) is 15.9. The molecule has 2 amide bonds. The summed E-state index contributed by atoms with van der Waals surface area (Å²) in [5.41, 5.74) is 1.75. The molecule has 0 atom stereocenters. The summed E-state index contributed by atoms with van der Waals surface area (Å²) in [5, 5.41) is 2.80. The number of amides is 2. The third-order valence-electron chi connectivity index (χ3n) is 3.46. The number of nitrogens with zero attached hydrogens (tertiary/aromatic N) is 2. The molecular formula is C17H20FN3O. The van der Waals surface area contributed by atoms with Gasteiger partial charge < -0.3 is 10.2 Å². The number of pyridine rings is 1. The Morgan fingerprint density at radius 1 is 1.18 bits per heavy atom. The van der Waals surface area contributed by atoms with Crippen molar-refractivity contribution in [2.45, 2.75) is 12.8 Å². The van der Waals surface area contributed by atoms with E-state index in [4.69, 9.17) is 0 Å². The van der Waals surface area contributed by atoms with Crippen LogP contribution in [0.3, 0.4) is 0 Å². The minimum Gasteiger partial charge on any atom is -0.338 e. The zero-order valence-corrected chi connectivity index (χ0v) is 12.6. The highest BCUT2D eigenvalue weighted by Gasteiger charge is 2.08. The zero-order valence-electron chi connectivity index (χ0n) is 12.6. The summed E-state index contributed by atoms with van der Waals surface area (Å²) in [6.45, 7) is 1.04. The summed E-state index contributed by atoms with van der Waals surface area (Å²) in [7, 11) is 1.75. The molecule has 0 aliphatic heterocycles. The monoisotopic (exact) mass is 301 g/mol. The number of nitrogens with one attached hydrogen (secondary N) is 1. The summed E-state index contributed by atoms with van der Waals surface area (Å²) in [6, 6.07) is 10.3. The molecule has 5 heteroatoms. The predicted molar refractivity (Wildman–Crippen MR) is 84.1 cm³/mol. The second kappa shape index (κ2) is 8.12. The van der Waals surface area contributed by atoms with E-state index < -0.39 is 0 Å². The summed E-state index contributed by atoms with van der Waals surface area (Å²) >= 11 is 0. The molecule has 2 rings (SSSR count). The molecule has 0 spiro atoms. The lowest BCUT2D eigenvalue weighted by Crippen LogP contribution is -2.39. The van der Waals surface area contributed by atoms with Crippen molar-refractivity contribution in [1.82, 2.24) is 15.2 Å². The van der Waals surface area contributed by atoms with Crippen LogP contribution in [-0.4, -0.2) is 36.1 Å². The van der Waals surface area contributed by atoms with Gasteiger partial charge in [0.1, 0.15) is 5.82 Å². The number of rotatable bonds is 6. The van der Waals surface area contributed by atoms with Gasteiger partial charge in [0.15, 0.2) is 0 Å². The van der Waals surface area contributed by atoms with Crippen molar-refractivity contribution in [3.8, 4) is 0 Å². The Morgan fingerprint density at radius 3 is 2.64 bits per heavy atom. The first-order chi connectivity index (χ1) is 10.7. The molecule has 0 fully saturated rings. The van der Waals surface area contributed by atoms with Gasteiger partial charge in [0.05, 0.1) is 0 Å². The molecule has 0 radical (unpaired) electrons. The number of urea groups is 1. The van der Waals surface area contributed by atoms with Crippen molar-refractivity contribution in [2.24, 2.45) is 0 Å². The molecule has 0 aliphatic carbocycles. The minimum absolute atomic E-state index is 0.148. The van der Waals surface area contributed by atoms with E-state index in [-0.39, 0.29) is 11.8 Å². The van der Waals surface area contributed by atoms with Crippen LogP contribution < -0.4 is 5.32 Å². The molecule has 1 N–H and O–H groups in total. The van der Waals surface area contributed by atoms with E-state index in [0.717, 1.165) is 12.0 Å². The van der Waals surface area contributed by atoms with Gasteiger partial charge in [0, 0.05) is 32.5 Å². The fourth-order valence-electron chi connectivity index (χ4n) is 2.09.